The molecule has 0 bridgehead atoms. The number of carbonyl (C=O) groups is 2. The molecule has 7 heteroatoms. The molecule has 0 aromatic heterocycles. The molecule has 0 unspecified atom stereocenters. The van der Waals surface area contributed by atoms with Crippen molar-refractivity contribution in [2.24, 2.45) is 0 Å². The van der Waals surface area contributed by atoms with E-state index in [1.807, 2.05) is 31.2 Å². The second-order valence-electron chi connectivity index (χ2n) is 7.02. The number of likely N-dealkylation sites (tertiary alicyclic amines) is 1. The summed E-state index contributed by atoms with van der Waals surface area (Å²) in [4.78, 5) is 26.8. The van der Waals surface area contributed by atoms with Crippen molar-refractivity contribution in [3.8, 4) is 5.75 Å². The van der Waals surface area contributed by atoms with Gasteiger partial charge in [-0.05, 0) is 55.7 Å². The highest BCUT2D eigenvalue weighted by Gasteiger charge is 2.25. The number of nitrogens with zero attached hydrogens (tertiary/aromatic N) is 1. The minimum Gasteiger partial charge on any atom is -0.494 e. The summed E-state index contributed by atoms with van der Waals surface area (Å²) in [6.45, 7) is 3.73. The smallest absolute Gasteiger partial charge is 0.253 e. The van der Waals surface area contributed by atoms with Gasteiger partial charge >= 0.3 is 0 Å². The van der Waals surface area contributed by atoms with Crippen LogP contribution in [-0.2, 0) is 11.2 Å². The summed E-state index contributed by atoms with van der Waals surface area (Å²) in [7, 11) is 0. The SMILES string of the molecule is CCOc1ccc(CC(=O)NC2CCN(C(=O)c3ccc(Cl)c(Cl)c3)CC2)cc1. The fourth-order valence-electron chi connectivity index (χ4n) is 3.37. The Labute approximate surface area is 180 Å². The van der Waals surface area contributed by atoms with Gasteiger partial charge in [-0.25, -0.2) is 0 Å². The van der Waals surface area contributed by atoms with E-state index in [2.05, 4.69) is 5.32 Å². The van der Waals surface area contributed by atoms with Crippen LogP contribution in [0.4, 0.5) is 0 Å². The van der Waals surface area contributed by atoms with Crippen molar-refractivity contribution in [3.05, 3.63) is 63.6 Å². The van der Waals surface area contributed by atoms with E-state index in [0.717, 1.165) is 24.2 Å². The number of benzene rings is 2. The molecule has 2 aromatic rings. The molecule has 0 aliphatic carbocycles. The van der Waals surface area contributed by atoms with E-state index < -0.39 is 0 Å². The lowest BCUT2D eigenvalue weighted by Crippen LogP contribution is -2.46. The molecule has 1 N–H and O–H groups in total. The van der Waals surface area contributed by atoms with Crippen LogP contribution in [0.15, 0.2) is 42.5 Å². The first kappa shape index (κ1) is 21.5. The minimum atomic E-state index is -0.0669. The molecule has 0 atom stereocenters. The largest absolute Gasteiger partial charge is 0.494 e. The van der Waals surface area contributed by atoms with Gasteiger partial charge in [0.1, 0.15) is 5.75 Å². The standard InChI is InChI=1S/C22H24Cl2N2O3/c1-2-29-18-6-3-15(4-7-18)13-21(27)25-17-9-11-26(12-10-17)22(28)16-5-8-19(23)20(24)14-16/h3-8,14,17H,2,9-13H2,1H3,(H,25,27). The predicted molar refractivity (Wildman–Crippen MR) is 115 cm³/mol. The summed E-state index contributed by atoms with van der Waals surface area (Å²) < 4.78 is 5.41. The second-order valence-corrected chi connectivity index (χ2v) is 7.83. The van der Waals surface area contributed by atoms with Crippen molar-refractivity contribution in [1.82, 2.24) is 10.2 Å². The van der Waals surface area contributed by atoms with Gasteiger partial charge in [0.2, 0.25) is 5.91 Å². The number of ether oxygens (including phenoxy) is 1. The lowest BCUT2D eigenvalue weighted by molar-refractivity contribution is -0.121. The monoisotopic (exact) mass is 434 g/mol. The molecule has 3 rings (SSSR count). The number of piperidine rings is 1. The number of hydrogen-bond donors (Lipinski definition) is 1. The van der Waals surface area contributed by atoms with E-state index >= 15 is 0 Å². The molecule has 1 aliphatic rings. The fraction of sp³-hybridized carbons (Fsp3) is 0.364. The third kappa shape index (κ3) is 5.87. The predicted octanol–water partition coefficient (Wildman–Crippen LogP) is 4.36. The Morgan fingerprint density at radius 1 is 1.07 bits per heavy atom. The minimum absolute atomic E-state index is 0.0107. The Morgan fingerprint density at radius 2 is 1.76 bits per heavy atom. The Bertz CT molecular complexity index is 863. The quantitative estimate of drug-likeness (QED) is 0.734. The summed E-state index contributed by atoms with van der Waals surface area (Å²) >= 11 is 11.9. The van der Waals surface area contributed by atoms with E-state index in [-0.39, 0.29) is 17.9 Å². The third-order valence-electron chi connectivity index (χ3n) is 4.91. The maximum atomic E-state index is 12.6. The lowest BCUT2D eigenvalue weighted by Gasteiger charge is -2.32. The normalized spacial score (nSPS) is 14.5. The van der Waals surface area contributed by atoms with Crippen molar-refractivity contribution in [2.75, 3.05) is 19.7 Å². The maximum Gasteiger partial charge on any atom is 0.253 e. The van der Waals surface area contributed by atoms with E-state index in [4.69, 9.17) is 27.9 Å². The van der Waals surface area contributed by atoms with Gasteiger partial charge in [-0.3, -0.25) is 9.59 Å². The average Bonchev–Trinajstić information content (AvgIpc) is 2.72. The molecular formula is C22H24Cl2N2O3. The van der Waals surface area contributed by atoms with Gasteiger partial charge in [0.05, 0.1) is 23.1 Å². The van der Waals surface area contributed by atoms with Crippen molar-refractivity contribution < 1.29 is 14.3 Å². The van der Waals surface area contributed by atoms with Crippen molar-refractivity contribution >= 4 is 35.0 Å². The highest BCUT2D eigenvalue weighted by atomic mass is 35.5. The fourth-order valence-corrected chi connectivity index (χ4v) is 3.67. The highest BCUT2D eigenvalue weighted by Crippen LogP contribution is 2.24. The van der Waals surface area contributed by atoms with Crippen LogP contribution in [0.2, 0.25) is 10.0 Å². The number of nitrogens with one attached hydrogen (secondary N) is 1. The maximum absolute atomic E-state index is 12.6. The first-order chi connectivity index (χ1) is 14.0. The molecule has 5 nitrogen and oxygen atoms in total. The first-order valence-electron chi connectivity index (χ1n) is 9.71. The van der Waals surface area contributed by atoms with Crippen LogP contribution >= 0.6 is 23.2 Å². The number of carbonyl (C=O) groups excluding carboxylic acids is 2. The molecule has 29 heavy (non-hydrogen) atoms. The second kappa shape index (κ2) is 9.99. The van der Waals surface area contributed by atoms with E-state index in [0.29, 0.717) is 41.7 Å². The van der Waals surface area contributed by atoms with Crippen LogP contribution in [0.3, 0.4) is 0 Å². The zero-order chi connectivity index (χ0) is 20.8. The van der Waals surface area contributed by atoms with E-state index in [1.165, 1.54) is 0 Å². The van der Waals surface area contributed by atoms with Gasteiger partial charge < -0.3 is 15.0 Å². The molecule has 0 radical (unpaired) electrons. The molecule has 0 saturated carbocycles. The molecule has 1 fully saturated rings. The van der Waals surface area contributed by atoms with E-state index in [9.17, 15) is 9.59 Å². The Balaban J connectivity index is 1.47. The van der Waals surface area contributed by atoms with Crippen molar-refractivity contribution in [1.29, 1.82) is 0 Å². The van der Waals surface area contributed by atoms with Crippen LogP contribution < -0.4 is 10.1 Å². The number of rotatable bonds is 6. The summed E-state index contributed by atoms with van der Waals surface area (Å²) in [5, 5.41) is 3.87. The van der Waals surface area contributed by atoms with Crippen LogP contribution in [0.25, 0.3) is 0 Å². The van der Waals surface area contributed by atoms with Gasteiger partial charge in [0, 0.05) is 24.7 Å². The number of hydrogen-bond acceptors (Lipinski definition) is 3. The zero-order valence-corrected chi connectivity index (χ0v) is 17.8. The summed E-state index contributed by atoms with van der Waals surface area (Å²) in [6.07, 6.45) is 1.78. The van der Waals surface area contributed by atoms with E-state index in [1.54, 1.807) is 23.1 Å². The zero-order valence-electron chi connectivity index (χ0n) is 16.3. The van der Waals surface area contributed by atoms with Crippen LogP contribution in [-0.4, -0.2) is 42.5 Å². The summed E-state index contributed by atoms with van der Waals surface area (Å²) in [5.74, 6) is 0.724. The summed E-state index contributed by atoms with van der Waals surface area (Å²) in [5.41, 5.74) is 1.47. The molecule has 1 aliphatic heterocycles. The van der Waals surface area contributed by atoms with Gasteiger partial charge in [0.15, 0.2) is 0 Å². The average molecular weight is 435 g/mol. The van der Waals surface area contributed by atoms with Crippen LogP contribution in [0, 0.1) is 0 Å². The topological polar surface area (TPSA) is 58.6 Å². The third-order valence-corrected chi connectivity index (χ3v) is 5.65. The molecule has 1 heterocycles. The van der Waals surface area contributed by atoms with Crippen LogP contribution in [0.5, 0.6) is 5.75 Å². The Kier molecular flexibility index (Phi) is 7.40. The van der Waals surface area contributed by atoms with Crippen LogP contribution in [0.1, 0.15) is 35.7 Å². The van der Waals surface area contributed by atoms with Gasteiger partial charge in [-0.2, -0.15) is 0 Å². The molecule has 0 spiro atoms. The van der Waals surface area contributed by atoms with Crippen molar-refractivity contribution in [2.45, 2.75) is 32.2 Å². The molecular weight excluding hydrogens is 411 g/mol. The van der Waals surface area contributed by atoms with Crippen molar-refractivity contribution in [3.63, 3.8) is 0 Å². The summed E-state index contributed by atoms with van der Waals surface area (Å²) in [6, 6.07) is 12.5. The molecule has 154 valence electrons. The van der Waals surface area contributed by atoms with Gasteiger partial charge in [-0.1, -0.05) is 35.3 Å². The van der Waals surface area contributed by atoms with Gasteiger partial charge in [0.25, 0.3) is 5.91 Å². The number of halogens is 2. The Hall–Kier alpha value is -2.24. The highest BCUT2D eigenvalue weighted by molar-refractivity contribution is 6.42. The number of amides is 2. The van der Waals surface area contributed by atoms with Gasteiger partial charge in [-0.15, -0.1) is 0 Å². The first-order valence-corrected chi connectivity index (χ1v) is 10.5. The lowest BCUT2D eigenvalue weighted by atomic mass is 10.0. The molecule has 2 aromatic carbocycles. The molecule has 1 saturated heterocycles. The molecule has 2 amide bonds. The Morgan fingerprint density at radius 3 is 2.38 bits per heavy atom.